The highest BCUT2D eigenvalue weighted by molar-refractivity contribution is 6.30. The van der Waals surface area contributed by atoms with Crippen molar-refractivity contribution in [2.45, 2.75) is 0 Å². The van der Waals surface area contributed by atoms with Crippen LogP contribution in [0, 0.1) is 0 Å². The monoisotopic (exact) mass is 220 g/mol. The molecule has 0 aliphatic heterocycles. The molecule has 4 heteroatoms. The minimum atomic E-state index is -0.165. The summed E-state index contributed by atoms with van der Waals surface area (Å²) in [4.78, 5) is 14.4. The van der Waals surface area contributed by atoms with Gasteiger partial charge < -0.3 is 10.3 Å². The second kappa shape index (κ2) is 4.19. The molecule has 0 bridgehead atoms. The van der Waals surface area contributed by atoms with Gasteiger partial charge in [0.1, 0.15) is 5.69 Å². The Morgan fingerprint density at radius 2 is 1.93 bits per heavy atom. The summed E-state index contributed by atoms with van der Waals surface area (Å²) in [5.74, 6) is -0.165. The Bertz CT molecular complexity index is 448. The van der Waals surface area contributed by atoms with E-state index in [-0.39, 0.29) is 5.91 Å². The number of anilines is 1. The minimum absolute atomic E-state index is 0.165. The first kappa shape index (κ1) is 9.80. The van der Waals surface area contributed by atoms with Gasteiger partial charge >= 0.3 is 0 Å². The Morgan fingerprint density at radius 1 is 1.20 bits per heavy atom. The van der Waals surface area contributed by atoms with Crippen molar-refractivity contribution in [3.63, 3.8) is 0 Å². The molecule has 1 heterocycles. The van der Waals surface area contributed by atoms with Crippen molar-refractivity contribution in [1.82, 2.24) is 4.98 Å². The van der Waals surface area contributed by atoms with Gasteiger partial charge in [-0.25, -0.2) is 0 Å². The molecular weight excluding hydrogens is 212 g/mol. The predicted octanol–water partition coefficient (Wildman–Crippen LogP) is 2.92. The van der Waals surface area contributed by atoms with Crippen LogP contribution in [0.5, 0.6) is 0 Å². The van der Waals surface area contributed by atoms with Crippen molar-refractivity contribution >= 4 is 23.2 Å². The second-order valence-corrected chi connectivity index (χ2v) is 3.48. The van der Waals surface area contributed by atoms with Gasteiger partial charge in [0.2, 0.25) is 0 Å². The lowest BCUT2D eigenvalue weighted by Gasteiger charge is -2.03. The number of amides is 1. The number of hydrogen-bond acceptors (Lipinski definition) is 1. The summed E-state index contributed by atoms with van der Waals surface area (Å²) in [6, 6.07) is 10.5. The summed E-state index contributed by atoms with van der Waals surface area (Å²) >= 11 is 5.73. The molecule has 0 radical (unpaired) electrons. The van der Waals surface area contributed by atoms with Crippen LogP contribution in [0.15, 0.2) is 42.6 Å². The van der Waals surface area contributed by atoms with Gasteiger partial charge in [0.05, 0.1) is 0 Å². The first-order valence-corrected chi connectivity index (χ1v) is 4.84. The third kappa shape index (κ3) is 2.39. The Balaban J connectivity index is 2.09. The minimum Gasteiger partial charge on any atom is -0.357 e. The molecule has 0 atom stereocenters. The molecule has 15 heavy (non-hydrogen) atoms. The molecule has 0 saturated carbocycles. The maximum absolute atomic E-state index is 11.6. The normalized spacial score (nSPS) is 9.93. The van der Waals surface area contributed by atoms with Crippen molar-refractivity contribution in [2.75, 3.05) is 5.32 Å². The van der Waals surface area contributed by atoms with Crippen LogP contribution in [0.3, 0.4) is 0 Å². The van der Waals surface area contributed by atoms with Gasteiger partial charge in [-0.05, 0) is 36.4 Å². The van der Waals surface area contributed by atoms with E-state index in [9.17, 15) is 4.79 Å². The van der Waals surface area contributed by atoms with E-state index in [4.69, 9.17) is 11.6 Å². The van der Waals surface area contributed by atoms with E-state index in [2.05, 4.69) is 10.3 Å². The highest BCUT2D eigenvalue weighted by atomic mass is 35.5. The number of carbonyl (C=O) groups excluding carboxylic acids is 1. The van der Waals surface area contributed by atoms with Crippen LogP contribution in [0.1, 0.15) is 10.5 Å². The zero-order valence-electron chi connectivity index (χ0n) is 7.83. The van der Waals surface area contributed by atoms with Gasteiger partial charge in [-0.1, -0.05) is 11.6 Å². The number of carbonyl (C=O) groups is 1. The predicted molar refractivity (Wildman–Crippen MR) is 60.2 cm³/mol. The molecule has 0 saturated heterocycles. The third-order valence-electron chi connectivity index (χ3n) is 1.94. The van der Waals surface area contributed by atoms with Gasteiger partial charge in [0.25, 0.3) is 5.91 Å². The molecule has 2 rings (SSSR count). The molecule has 76 valence electrons. The Morgan fingerprint density at radius 3 is 2.53 bits per heavy atom. The van der Waals surface area contributed by atoms with Crippen LogP contribution in [0.2, 0.25) is 5.02 Å². The quantitative estimate of drug-likeness (QED) is 0.803. The van der Waals surface area contributed by atoms with E-state index in [1.165, 1.54) is 0 Å². The van der Waals surface area contributed by atoms with Crippen molar-refractivity contribution in [1.29, 1.82) is 0 Å². The van der Waals surface area contributed by atoms with Crippen molar-refractivity contribution < 1.29 is 4.79 Å². The summed E-state index contributed by atoms with van der Waals surface area (Å²) < 4.78 is 0. The fraction of sp³-hybridized carbons (Fsp3) is 0. The molecule has 1 aromatic heterocycles. The highest BCUT2D eigenvalue weighted by Gasteiger charge is 2.05. The lowest BCUT2D eigenvalue weighted by molar-refractivity contribution is 0.102. The zero-order chi connectivity index (χ0) is 10.7. The molecular formula is C11H9ClN2O. The topological polar surface area (TPSA) is 44.9 Å². The first-order valence-electron chi connectivity index (χ1n) is 4.46. The maximum atomic E-state index is 11.6. The number of H-pyrrole nitrogens is 1. The second-order valence-electron chi connectivity index (χ2n) is 3.04. The molecule has 2 aromatic rings. The highest BCUT2D eigenvalue weighted by Crippen LogP contribution is 2.13. The third-order valence-corrected chi connectivity index (χ3v) is 2.20. The summed E-state index contributed by atoms with van der Waals surface area (Å²) in [6.45, 7) is 0. The molecule has 0 aliphatic rings. The van der Waals surface area contributed by atoms with Crippen LogP contribution < -0.4 is 5.32 Å². The van der Waals surface area contributed by atoms with Gasteiger partial charge in [0.15, 0.2) is 0 Å². The summed E-state index contributed by atoms with van der Waals surface area (Å²) in [7, 11) is 0. The SMILES string of the molecule is O=C(Nc1ccc(Cl)cc1)c1ccc[nH]1. The number of aromatic amines is 1. The Labute approximate surface area is 92.1 Å². The lowest BCUT2D eigenvalue weighted by atomic mass is 10.3. The molecule has 0 unspecified atom stereocenters. The number of rotatable bonds is 2. The fourth-order valence-electron chi connectivity index (χ4n) is 1.20. The van der Waals surface area contributed by atoms with Crippen LogP contribution in [-0.2, 0) is 0 Å². The number of halogens is 1. The lowest BCUT2D eigenvalue weighted by Crippen LogP contribution is -2.11. The largest absolute Gasteiger partial charge is 0.357 e. The molecule has 0 fully saturated rings. The smallest absolute Gasteiger partial charge is 0.272 e. The maximum Gasteiger partial charge on any atom is 0.272 e. The van der Waals surface area contributed by atoms with Gasteiger partial charge in [-0.3, -0.25) is 4.79 Å². The van der Waals surface area contributed by atoms with Crippen molar-refractivity contribution in [3.05, 3.63) is 53.3 Å². The van der Waals surface area contributed by atoms with E-state index in [1.807, 2.05) is 0 Å². The molecule has 0 spiro atoms. The summed E-state index contributed by atoms with van der Waals surface area (Å²) in [5, 5.41) is 3.39. The molecule has 2 N–H and O–H groups in total. The van der Waals surface area contributed by atoms with E-state index in [0.29, 0.717) is 10.7 Å². The number of aromatic nitrogens is 1. The number of hydrogen-bond donors (Lipinski definition) is 2. The van der Waals surface area contributed by atoms with E-state index < -0.39 is 0 Å². The van der Waals surface area contributed by atoms with Gasteiger partial charge in [0, 0.05) is 16.9 Å². The molecule has 3 nitrogen and oxygen atoms in total. The van der Waals surface area contributed by atoms with Gasteiger partial charge in [-0.15, -0.1) is 0 Å². The number of benzene rings is 1. The molecule has 0 aliphatic carbocycles. The Hall–Kier alpha value is -1.74. The molecule has 1 amide bonds. The fourth-order valence-corrected chi connectivity index (χ4v) is 1.33. The van der Waals surface area contributed by atoms with Gasteiger partial charge in [-0.2, -0.15) is 0 Å². The zero-order valence-corrected chi connectivity index (χ0v) is 8.58. The first-order chi connectivity index (χ1) is 7.25. The standard InChI is InChI=1S/C11H9ClN2O/c12-8-3-5-9(6-4-8)14-11(15)10-2-1-7-13-10/h1-7,13H,(H,14,15). The average molecular weight is 221 g/mol. The summed E-state index contributed by atoms with van der Waals surface area (Å²) in [5.41, 5.74) is 1.25. The van der Waals surface area contributed by atoms with Crippen LogP contribution >= 0.6 is 11.6 Å². The average Bonchev–Trinajstić information content (AvgIpc) is 2.74. The van der Waals surface area contributed by atoms with Crippen LogP contribution in [0.25, 0.3) is 0 Å². The van der Waals surface area contributed by atoms with Crippen molar-refractivity contribution in [2.24, 2.45) is 0 Å². The van der Waals surface area contributed by atoms with E-state index >= 15 is 0 Å². The van der Waals surface area contributed by atoms with Crippen LogP contribution in [0.4, 0.5) is 5.69 Å². The van der Waals surface area contributed by atoms with E-state index in [1.54, 1.807) is 42.6 Å². The van der Waals surface area contributed by atoms with Crippen molar-refractivity contribution in [3.8, 4) is 0 Å². The van der Waals surface area contributed by atoms with Crippen LogP contribution in [-0.4, -0.2) is 10.9 Å². The number of nitrogens with one attached hydrogen (secondary N) is 2. The molecule has 1 aromatic carbocycles. The van der Waals surface area contributed by atoms with E-state index in [0.717, 1.165) is 5.69 Å². The Kier molecular flexibility index (Phi) is 2.74. The summed E-state index contributed by atoms with van der Waals surface area (Å²) in [6.07, 6.45) is 1.71.